The number of guanidine groups is 1. The first-order chi connectivity index (χ1) is 7.74. The second kappa shape index (κ2) is 5.53. The van der Waals surface area contributed by atoms with E-state index < -0.39 is 0 Å². The molecule has 2 aliphatic rings. The molecule has 4 heteroatoms. The molecule has 4 nitrogen and oxygen atoms in total. The zero-order chi connectivity index (χ0) is 11.4. The van der Waals surface area contributed by atoms with E-state index >= 15 is 0 Å². The third kappa shape index (κ3) is 4.00. The highest BCUT2D eigenvalue weighted by Crippen LogP contribution is 2.19. The van der Waals surface area contributed by atoms with Crippen LogP contribution in [0.2, 0.25) is 0 Å². The molecule has 1 aliphatic carbocycles. The number of rotatable bonds is 4. The molecule has 0 spiro atoms. The lowest BCUT2D eigenvalue weighted by molar-refractivity contribution is 0.214. The summed E-state index contributed by atoms with van der Waals surface area (Å²) in [6, 6.07) is 0.618. The summed E-state index contributed by atoms with van der Waals surface area (Å²) >= 11 is 0. The molecule has 1 heterocycles. The molecule has 0 radical (unpaired) electrons. The Hall–Kier alpha value is -0.770. The predicted molar refractivity (Wildman–Crippen MR) is 67.5 cm³/mol. The van der Waals surface area contributed by atoms with Gasteiger partial charge < -0.3 is 16.0 Å². The van der Waals surface area contributed by atoms with Gasteiger partial charge in [-0.15, -0.1) is 0 Å². The summed E-state index contributed by atoms with van der Waals surface area (Å²) in [6.07, 6.45) is 6.35. The van der Waals surface area contributed by atoms with Crippen molar-refractivity contribution in [3.05, 3.63) is 0 Å². The van der Waals surface area contributed by atoms with Gasteiger partial charge in [0.15, 0.2) is 5.96 Å². The Balaban J connectivity index is 1.59. The van der Waals surface area contributed by atoms with Gasteiger partial charge in [-0.3, -0.25) is 4.99 Å². The second-order valence-corrected chi connectivity index (χ2v) is 5.22. The fourth-order valence-electron chi connectivity index (χ4n) is 2.20. The molecular formula is C12H24N4. The van der Waals surface area contributed by atoms with E-state index in [0.717, 1.165) is 12.5 Å². The van der Waals surface area contributed by atoms with Gasteiger partial charge in [-0.2, -0.15) is 0 Å². The first-order valence-corrected chi connectivity index (χ1v) is 6.49. The fraction of sp³-hybridized carbons (Fsp3) is 0.917. The van der Waals surface area contributed by atoms with E-state index in [-0.39, 0.29) is 0 Å². The monoisotopic (exact) mass is 224 g/mol. The maximum atomic E-state index is 5.78. The highest BCUT2D eigenvalue weighted by Gasteiger charge is 2.21. The van der Waals surface area contributed by atoms with Crippen molar-refractivity contribution in [2.75, 3.05) is 26.7 Å². The van der Waals surface area contributed by atoms with Crippen molar-refractivity contribution in [2.24, 2.45) is 16.6 Å². The highest BCUT2D eigenvalue weighted by molar-refractivity contribution is 5.78. The zero-order valence-electron chi connectivity index (χ0n) is 10.3. The molecule has 0 unspecified atom stereocenters. The van der Waals surface area contributed by atoms with Crippen molar-refractivity contribution in [1.29, 1.82) is 0 Å². The number of nitrogens with zero attached hydrogens (tertiary/aromatic N) is 2. The van der Waals surface area contributed by atoms with Gasteiger partial charge in [0.05, 0.1) is 0 Å². The SMILES string of the molecule is CN1CCC(CCN=C(N)NC2CC2)CC1. The Morgan fingerprint density at radius 3 is 2.62 bits per heavy atom. The van der Waals surface area contributed by atoms with E-state index in [1.807, 2.05) is 0 Å². The predicted octanol–water partition coefficient (Wildman–Crippen LogP) is 0.785. The third-order valence-corrected chi connectivity index (χ3v) is 3.59. The van der Waals surface area contributed by atoms with Crippen LogP contribution in [0.25, 0.3) is 0 Å². The summed E-state index contributed by atoms with van der Waals surface area (Å²) in [4.78, 5) is 6.79. The van der Waals surface area contributed by atoms with Gasteiger partial charge in [0.2, 0.25) is 0 Å². The molecule has 2 rings (SSSR count). The summed E-state index contributed by atoms with van der Waals surface area (Å²) in [5, 5.41) is 3.22. The normalized spacial score (nSPS) is 24.7. The second-order valence-electron chi connectivity index (χ2n) is 5.22. The van der Waals surface area contributed by atoms with Crippen LogP contribution in [0.3, 0.4) is 0 Å². The van der Waals surface area contributed by atoms with Crippen LogP contribution in [0.5, 0.6) is 0 Å². The summed E-state index contributed by atoms with van der Waals surface area (Å²) in [7, 11) is 2.20. The Morgan fingerprint density at radius 2 is 2.00 bits per heavy atom. The number of likely N-dealkylation sites (tertiary alicyclic amines) is 1. The van der Waals surface area contributed by atoms with Crippen molar-refractivity contribution in [2.45, 2.75) is 38.1 Å². The van der Waals surface area contributed by atoms with Gasteiger partial charge in [-0.05, 0) is 58.2 Å². The molecule has 2 fully saturated rings. The average Bonchev–Trinajstić information content (AvgIpc) is 3.05. The van der Waals surface area contributed by atoms with Crippen LogP contribution in [0.1, 0.15) is 32.1 Å². The van der Waals surface area contributed by atoms with Crippen molar-refractivity contribution in [3.8, 4) is 0 Å². The lowest BCUT2D eigenvalue weighted by Crippen LogP contribution is -2.34. The number of piperidine rings is 1. The number of aliphatic imine (C=N–C) groups is 1. The van der Waals surface area contributed by atoms with Crippen LogP contribution in [-0.2, 0) is 0 Å². The van der Waals surface area contributed by atoms with E-state index in [1.54, 1.807) is 0 Å². The van der Waals surface area contributed by atoms with Gasteiger partial charge >= 0.3 is 0 Å². The Bertz CT molecular complexity index is 239. The van der Waals surface area contributed by atoms with Gasteiger partial charge in [0.1, 0.15) is 0 Å². The molecule has 92 valence electrons. The van der Waals surface area contributed by atoms with E-state index in [9.17, 15) is 0 Å². The van der Waals surface area contributed by atoms with Gasteiger partial charge in [0, 0.05) is 12.6 Å². The lowest BCUT2D eigenvalue weighted by atomic mass is 9.94. The maximum Gasteiger partial charge on any atom is 0.188 e. The summed E-state index contributed by atoms with van der Waals surface area (Å²) in [5.41, 5.74) is 5.78. The van der Waals surface area contributed by atoms with Gasteiger partial charge in [0.25, 0.3) is 0 Å². The van der Waals surface area contributed by atoms with Crippen molar-refractivity contribution in [3.63, 3.8) is 0 Å². The molecule has 0 bridgehead atoms. The van der Waals surface area contributed by atoms with E-state index in [0.29, 0.717) is 12.0 Å². The Labute approximate surface area is 98.3 Å². The summed E-state index contributed by atoms with van der Waals surface area (Å²) < 4.78 is 0. The molecule has 1 aliphatic heterocycles. The molecule has 0 aromatic heterocycles. The van der Waals surface area contributed by atoms with Crippen molar-refractivity contribution >= 4 is 5.96 Å². The van der Waals surface area contributed by atoms with E-state index in [1.165, 1.54) is 45.2 Å². The van der Waals surface area contributed by atoms with Crippen LogP contribution >= 0.6 is 0 Å². The maximum absolute atomic E-state index is 5.78. The minimum Gasteiger partial charge on any atom is -0.370 e. The molecule has 16 heavy (non-hydrogen) atoms. The van der Waals surface area contributed by atoms with Crippen molar-refractivity contribution < 1.29 is 0 Å². The smallest absolute Gasteiger partial charge is 0.188 e. The lowest BCUT2D eigenvalue weighted by Gasteiger charge is -2.28. The van der Waals surface area contributed by atoms with Gasteiger partial charge in [-0.1, -0.05) is 0 Å². The van der Waals surface area contributed by atoms with Crippen LogP contribution in [0.4, 0.5) is 0 Å². The zero-order valence-corrected chi connectivity index (χ0v) is 10.3. The fourth-order valence-corrected chi connectivity index (χ4v) is 2.20. The summed E-state index contributed by atoms with van der Waals surface area (Å²) in [5.74, 6) is 1.50. The Morgan fingerprint density at radius 1 is 1.31 bits per heavy atom. The third-order valence-electron chi connectivity index (χ3n) is 3.59. The number of nitrogens with two attached hydrogens (primary N) is 1. The van der Waals surface area contributed by atoms with E-state index in [2.05, 4.69) is 22.3 Å². The molecule has 3 N–H and O–H groups in total. The molecule has 1 saturated heterocycles. The van der Waals surface area contributed by atoms with Crippen LogP contribution < -0.4 is 11.1 Å². The first kappa shape index (κ1) is 11.7. The average molecular weight is 224 g/mol. The molecule has 0 amide bonds. The van der Waals surface area contributed by atoms with Crippen molar-refractivity contribution in [1.82, 2.24) is 10.2 Å². The molecule has 0 atom stereocenters. The minimum absolute atomic E-state index is 0.618. The quantitative estimate of drug-likeness (QED) is 0.548. The molecule has 0 aromatic carbocycles. The Kier molecular flexibility index (Phi) is 4.04. The summed E-state index contributed by atoms with van der Waals surface area (Å²) in [6.45, 7) is 3.37. The van der Waals surface area contributed by atoms with Crippen LogP contribution in [0.15, 0.2) is 4.99 Å². The molecular weight excluding hydrogens is 200 g/mol. The van der Waals surface area contributed by atoms with Crippen LogP contribution in [-0.4, -0.2) is 43.6 Å². The van der Waals surface area contributed by atoms with E-state index in [4.69, 9.17) is 5.73 Å². The number of hydrogen-bond acceptors (Lipinski definition) is 2. The van der Waals surface area contributed by atoms with Gasteiger partial charge in [-0.25, -0.2) is 0 Å². The number of nitrogens with one attached hydrogen (secondary N) is 1. The topological polar surface area (TPSA) is 53.6 Å². The minimum atomic E-state index is 0.618. The highest BCUT2D eigenvalue weighted by atomic mass is 15.1. The first-order valence-electron chi connectivity index (χ1n) is 6.49. The molecule has 1 saturated carbocycles. The largest absolute Gasteiger partial charge is 0.370 e. The standard InChI is InChI=1S/C12H24N4/c1-16-8-5-10(6-9-16)4-7-14-12(13)15-11-2-3-11/h10-11H,2-9H2,1H3,(H3,13,14,15). The molecule has 0 aromatic rings. The number of hydrogen-bond donors (Lipinski definition) is 2. The van der Waals surface area contributed by atoms with Crippen LogP contribution in [0, 0.1) is 5.92 Å².